The third-order valence-corrected chi connectivity index (χ3v) is 5.04. The van der Waals surface area contributed by atoms with Gasteiger partial charge in [0.25, 0.3) is 0 Å². The van der Waals surface area contributed by atoms with E-state index in [0.717, 1.165) is 25.7 Å². The number of nitrogens with one attached hydrogen (secondary N) is 2. The Morgan fingerprint density at radius 1 is 1.27 bits per heavy atom. The molecule has 7 nitrogen and oxygen atoms in total. The summed E-state index contributed by atoms with van der Waals surface area (Å²) in [5, 5.41) is 5.61. The zero-order valence-electron chi connectivity index (χ0n) is 15.8. The average Bonchev–Trinajstić information content (AvgIpc) is 2.56. The summed E-state index contributed by atoms with van der Waals surface area (Å²) < 4.78 is 5.53. The molecule has 1 atom stereocenters. The monoisotopic (exact) mass is 383 g/mol. The van der Waals surface area contributed by atoms with E-state index in [2.05, 4.69) is 10.6 Å². The van der Waals surface area contributed by atoms with E-state index in [0.29, 0.717) is 13.1 Å². The van der Waals surface area contributed by atoms with Crippen LogP contribution in [-0.2, 0) is 19.1 Å². The van der Waals surface area contributed by atoms with Crippen molar-refractivity contribution in [1.82, 2.24) is 15.5 Å². The first-order valence-corrected chi connectivity index (χ1v) is 9.68. The molecule has 1 saturated heterocycles. The van der Waals surface area contributed by atoms with Crippen molar-refractivity contribution in [1.29, 1.82) is 0 Å². The van der Waals surface area contributed by atoms with Crippen LogP contribution in [0, 0.1) is 5.41 Å². The summed E-state index contributed by atoms with van der Waals surface area (Å²) in [6.07, 6.45) is 4.94. The van der Waals surface area contributed by atoms with Gasteiger partial charge in [-0.2, -0.15) is 0 Å². The van der Waals surface area contributed by atoms with Gasteiger partial charge in [0.15, 0.2) is 5.11 Å². The largest absolute Gasteiger partial charge is 0.462 e. The molecule has 8 heteroatoms. The van der Waals surface area contributed by atoms with Gasteiger partial charge < -0.3 is 20.3 Å². The number of nitrogens with zero attached hydrogens (tertiary/aromatic N) is 1. The molecular formula is C18H29N3O4S. The van der Waals surface area contributed by atoms with E-state index >= 15 is 0 Å². The van der Waals surface area contributed by atoms with Crippen molar-refractivity contribution in [2.24, 2.45) is 5.41 Å². The van der Waals surface area contributed by atoms with Gasteiger partial charge in [0.2, 0.25) is 11.8 Å². The highest BCUT2D eigenvalue weighted by Crippen LogP contribution is 2.21. The summed E-state index contributed by atoms with van der Waals surface area (Å²) in [7, 11) is 0. The lowest BCUT2D eigenvalue weighted by molar-refractivity contribution is -0.153. The number of piperazine rings is 1. The zero-order valence-corrected chi connectivity index (χ0v) is 16.6. The van der Waals surface area contributed by atoms with Crippen LogP contribution in [0.25, 0.3) is 0 Å². The molecule has 1 aliphatic carbocycles. The molecule has 1 saturated carbocycles. The summed E-state index contributed by atoms with van der Waals surface area (Å²) in [4.78, 5) is 38.4. The highest BCUT2D eigenvalue weighted by molar-refractivity contribution is 7.80. The summed E-state index contributed by atoms with van der Waals surface area (Å²) in [6, 6.07) is -0.757. The molecule has 0 unspecified atom stereocenters. The molecule has 2 aliphatic rings. The number of rotatable bonds is 3. The van der Waals surface area contributed by atoms with Crippen molar-refractivity contribution in [2.45, 2.75) is 71.4 Å². The van der Waals surface area contributed by atoms with Crippen molar-refractivity contribution in [3.05, 3.63) is 0 Å². The first-order valence-electron chi connectivity index (χ1n) is 9.27. The molecule has 0 aromatic heterocycles. The van der Waals surface area contributed by atoms with Gasteiger partial charge in [-0.15, -0.1) is 0 Å². The summed E-state index contributed by atoms with van der Waals surface area (Å²) in [5.41, 5.74) is -0.600. The SMILES string of the molecule is CC(C)(C)C(=O)NC(=S)N1CCNC(=O)[C@@H]1CC(=O)OC1CCCCC1. The topological polar surface area (TPSA) is 87.7 Å². The highest BCUT2D eigenvalue weighted by atomic mass is 32.1. The van der Waals surface area contributed by atoms with E-state index in [1.54, 1.807) is 25.7 Å². The fourth-order valence-electron chi connectivity index (χ4n) is 3.09. The number of thiocarbonyl (C=S) groups is 1. The van der Waals surface area contributed by atoms with E-state index in [4.69, 9.17) is 17.0 Å². The Kier molecular flexibility index (Phi) is 6.97. The Bertz CT molecular complexity index is 567. The number of ether oxygens (including phenoxy) is 1. The van der Waals surface area contributed by atoms with Gasteiger partial charge in [-0.3, -0.25) is 14.4 Å². The molecule has 2 amide bonds. The molecule has 0 bridgehead atoms. The van der Waals surface area contributed by atoms with Gasteiger partial charge in [-0.25, -0.2) is 0 Å². The molecule has 2 fully saturated rings. The second-order valence-electron chi connectivity index (χ2n) is 7.96. The Morgan fingerprint density at radius 2 is 1.92 bits per heavy atom. The maximum Gasteiger partial charge on any atom is 0.308 e. The van der Waals surface area contributed by atoms with E-state index < -0.39 is 17.4 Å². The minimum absolute atomic E-state index is 0.0519. The molecule has 0 aromatic carbocycles. The smallest absolute Gasteiger partial charge is 0.308 e. The maximum atomic E-state index is 12.3. The third kappa shape index (κ3) is 5.65. The molecule has 0 radical (unpaired) electrons. The van der Waals surface area contributed by atoms with Gasteiger partial charge in [0.1, 0.15) is 12.1 Å². The first-order chi connectivity index (χ1) is 12.2. The normalized spacial score (nSPS) is 21.7. The molecule has 1 heterocycles. The van der Waals surface area contributed by atoms with E-state index in [9.17, 15) is 14.4 Å². The van der Waals surface area contributed by atoms with E-state index in [-0.39, 0.29) is 29.5 Å². The fourth-order valence-corrected chi connectivity index (χ4v) is 3.40. The van der Waals surface area contributed by atoms with Crippen LogP contribution in [-0.4, -0.2) is 53.0 Å². The predicted octanol–water partition coefficient (Wildman–Crippen LogP) is 1.50. The second-order valence-corrected chi connectivity index (χ2v) is 8.35. The molecular weight excluding hydrogens is 354 g/mol. The van der Waals surface area contributed by atoms with Crippen LogP contribution in [0.3, 0.4) is 0 Å². The second kappa shape index (κ2) is 8.79. The molecule has 1 aliphatic heterocycles. The van der Waals surface area contributed by atoms with Crippen molar-refractivity contribution in [3.63, 3.8) is 0 Å². The fraction of sp³-hybridized carbons (Fsp3) is 0.778. The Hall–Kier alpha value is -1.70. The molecule has 0 spiro atoms. The van der Waals surface area contributed by atoms with Crippen LogP contribution in [0.15, 0.2) is 0 Å². The lowest BCUT2D eigenvalue weighted by Gasteiger charge is -2.37. The van der Waals surface area contributed by atoms with E-state index in [1.165, 1.54) is 6.42 Å². The Labute approximate surface area is 160 Å². The Balaban J connectivity index is 1.98. The van der Waals surface area contributed by atoms with Crippen LogP contribution in [0.5, 0.6) is 0 Å². The number of esters is 1. The van der Waals surface area contributed by atoms with Crippen molar-refractivity contribution >= 4 is 35.1 Å². The highest BCUT2D eigenvalue weighted by Gasteiger charge is 2.35. The minimum atomic E-state index is -0.757. The van der Waals surface area contributed by atoms with Gasteiger partial charge in [0.05, 0.1) is 6.42 Å². The third-order valence-electron chi connectivity index (χ3n) is 4.70. The summed E-state index contributed by atoms with van der Waals surface area (Å²) in [5.74, 6) is -0.893. The lowest BCUT2D eigenvalue weighted by atomic mass is 9.96. The number of hydrogen-bond donors (Lipinski definition) is 2. The van der Waals surface area contributed by atoms with Crippen molar-refractivity contribution in [3.8, 4) is 0 Å². The standard InChI is InChI=1S/C18H29N3O4S/c1-18(2,3)16(24)20-17(26)21-10-9-19-15(23)13(21)11-14(22)25-12-7-5-4-6-8-12/h12-13H,4-11H2,1-3H3,(H,19,23)(H,20,24,26)/t13-/m0/s1. The molecule has 0 aromatic rings. The van der Waals surface area contributed by atoms with Gasteiger partial charge >= 0.3 is 5.97 Å². The molecule has 2 N–H and O–H groups in total. The van der Waals surface area contributed by atoms with Crippen molar-refractivity contribution < 1.29 is 19.1 Å². The lowest BCUT2D eigenvalue weighted by Crippen LogP contribution is -2.61. The number of hydrogen-bond acceptors (Lipinski definition) is 5. The molecule has 2 rings (SSSR count). The van der Waals surface area contributed by atoms with Crippen LogP contribution in [0.1, 0.15) is 59.3 Å². The quantitative estimate of drug-likeness (QED) is 0.567. The predicted molar refractivity (Wildman–Crippen MR) is 101 cm³/mol. The van der Waals surface area contributed by atoms with Crippen LogP contribution < -0.4 is 10.6 Å². The first kappa shape index (κ1) is 20.6. The summed E-state index contributed by atoms with van der Waals surface area (Å²) >= 11 is 5.33. The Morgan fingerprint density at radius 3 is 2.54 bits per heavy atom. The van der Waals surface area contributed by atoms with Crippen LogP contribution >= 0.6 is 12.2 Å². The molecule has 26 heavy (non-hydrogen) atoms. The maximum absolute atomic E-state index is 12.3. The molecule has 146 valence electrons. The van der Waals surface area contributed by atoms with Crippen LogP contribution in [0.2, 0.25) is 0 Å². The number of amides is 2. The van der Waals surface area contributed by atoms with Gasteiger partial charge in [-0.05, 0) is 37.9 Å². The van der Waals surface area contributed by atoms with E-state index in [1.807, 2.05) is 0 Å². The summed E-state index contributed by atoms with van der Waals surface area (Å²) in [6.45, 7) is 6.21. The van der Waals surface area contributed by atoms with Gasteiger partial charge in [-0.1, -0.05) is 27.2 Å². The number of carbonyl (C=O) groups is 3. The zero-order chi connectivity index (χ0) is 19.3. The minimum Gasteiger partial charge on any atom is -0.462 e. The van der Waals surface area contributed by atoms with Gasteiger partial charge in [0, 0.05) is 18.5 Å². The average molecular weight is 384 g/mol. The number of carbonyl (C=O) groups excluding carboxylic acids is 3. The van der Waals surface area contributed by atoms with Crippen LogP contribution in [0.4, 0.5) is 0 Å². The van der Waals surface area contributed by atoms with Crippen molar-refractivity contribution in [2.75, 3.05) is 13.1 Å².